The highest BCUT2D eigenvalue weighted by Gasteiger charge is 2.19. The van der Waals surface area contributed by atoms with Crippen molar-refractivity contribution >= 4 is 27.3 Å². The van der Waals surface area contributed by atoms with E-state index in [-0.39, 0.29) is 5.41 Å². The Hall–Kier alpha value is -0.710. The predicted octanol–water partition coefficient (Wildman–Crippen LogP) is 4.79. The van der Waals surface area contributed by atoms with Crippen molar-refractivity contribution in [1.82, 2.24) is 4.98 Å². The molecule has 0 fully saturated rings. The molecule has 1 N–H and O–H groups in total. The number of benzene rings is 1. The number of thiazole rings is 1. The van der Waals surface area contributed by atoms with Crippen LogP contribution in [-0.2, 0) is 11.8 Å². The van der Waals surface area contributed by atoms with E-state index >= 15 is 0 Å². The SMILES string of the molecule is Cc1cc(C(O)Cc2nc(C(C)(C)C)cs2)ccc1Br. The summed E-state index contributed by atoms with van der Waals surface area (Å²) in [5.74, 6) is 0. The zero-order valence-corrected chi connectivity index (χ0v) is 14.7. The predicted molar refractivity (Wildman–Crippen MR) is 88.4 cm³/mol. The van der Waals surface area contributed by atoms with Gasteiger partial charge in [-0.3, -0.25) is 0 Å². The van der Waals surface area contributed by atoms with Crippen LogP contribution in [0.3, 0.4) is 0 Å². The molecule has 20 heavy (non-hydrogen) atoms. The normalized spacial score (nSPS) is 13.5. The summed E-state index contributed by atoms with van der Waals surface area (Å²) in [5, 5.41) is 13.4. The maximum atomic E-state index is 10.4. The monoisotopic (exact) mass is 353 g/mol. The summed E-state index contributed by atoms with van der Waals surface area (Å²) in [6.45, 7) is 8.49. The molecule has 1 atom stereocenters. The largest absolute Gasteiger partial charge is 0.388 e. The number of rotatable bonds is 3. The van der Waals surface area contributed by atoms with E-state index in [9.17, 15) is 5.11 Å². The molecule has 108 valence electrons. The maximum Gasteiger partial charge on any atom is 0.0957 e. The number of aromatic nitrogens is 1. The number of aryl methyl sites for hydroxylation is 1. The third-order valence-corrected chi connectivity index (χ3v) is 5.02. The average Bonchev–Trinajstić information content (AvgIpc) is 2.81. The van der Waals surface area contributed by atoms with Crippen LogP contribution in [0.2, 0.25) is 0 Å². The van der Waals surface area contributed by atoms with Crippen molar-refractivity contribution < 1.29 is 5.11 Å². The van der Waals surface area contributed by atoms with Crippen molar-refractivity contribution in [3.63, 3.8) is 0 Å². The lowest BCUT2D eigenvalue weighted by Crippen LogP contribution is -2.12. The smallest absolute Gasteiger partial charge is 0.0957 e. The fourth-order valence-electron chi connectivity index (χ4n) is 1.91. The fraction of sp³-hybridized carbons (Fsp3) is 0.438. The quantitative estimate of drug-likeness (QED) is 0.860. The molecule has 2 rings (SSSR count). The highest BCUT2D eigenvalue weighted by molar-refractivity contribution is 9.10. The number of aliphatic hydroxyl groups is 1. The fourth-order valence-corrected chi connectivity index (χ4v) is 3.21. The summed E-state index contributed by atoms with van der Waals surface area (Å²) < 4.78 is 1.07. The number of nitrogens with zero attached hydrogens (tertiary/aromatic N) is 1. The molecule has 1 heterocycles. The topological polar surface area (TPSA) is 33.1 Å². The van der Waals surface area contributed by atoms with E-state index < -0.39 is 6.10 Å². The summed E-state index contributed by atoms with van der Waals surface area (Å²) in [7, 11) is 0. The zero-order chi connectivity index (χ0) is 14.9. The van der Waals surface area contributed by atoms with Crippen molar-refractivity contribution in [3.05, 3.63) is 49.9 Å². The van der Waals surface area contributed by atoms with E-state index in [1.165, 1.54) is 0 Å². The minimum absolute atomic E-state index is 0.0634. The van der Waals surface area contributed by atoms with Crippen molar-refractivity contribution in [3.8, 4) is 0 Å². The number of halogens is 1. The van der Waals surface area contributed by atoms with E-state index in [1.807, 2.05) is 25.1 Å². The molecule has 1 aromatic carbocycles. The second-order valence-corrected chi connectivity index (χ2v) is 7.90. The van der Waals surface area contributed by atoms with Gasteiger partial charge in [-0.2, -0.15) is 0 Å². The van der Waals surface area contributed by atoms with Gasteiger partial charge in [0.15, 0.2) is 0 Å². The summed E-state index contributed by atoms with van der Waals surface area (Å²) in [6.07, 6.45) is 0.0720. The van der Waals surface area contributed by atoms with Crippen molar-refractivity contribution in [1.29, 1.82) is 0 Å². The van der Waals surface area contributed by atoms with Crippen molar-refractivity contribution in [2.45, 2.75) is 45.6 Å². The third-order valence-electron chi connectivity index (χ3n) is 3.25. The lowest BCUT2D eigenvalue weighted by atomic mass is 9.93. The van der Waals surface area contributed by atoms with Crippen LogP contribution in [-0.4, -0.2) is 10.1 Å². The molecule has 1 unspecified atom stereocenters. The molecule has 0 aliphatic carbocycles. The number of hydrogen-bond donors (Lipinski definition) is 1. The minimum atomic E-state index is -0.499. The molecule has 2 aromatic rings. The van der Waals surface area contributed by atoms with E-state index in [4.69, 9.17) is 0 Å². The van der Waals surface area contributed by atoms with Crippen LogP contribution < -0.4 is 0 Å². The second-order valence-electron chi connectivity index (χ2n) is 6.11. The van der Waals surface area contributed by atoms with E-state index in [0.29, 0.717) is 6.42 Å². The van der Waals surface area contributed by atoms with Crippen LogP contribution in [0.1, 0.15) is 48.7 Å². The summed E-state index contributed by atoms with van der Waals surface area (Å²) in [4.78, 5) is 4.64. The van der Waals surface area contributed by atoms with Crippen LogP contribution in [0.5, 0.6) is 0 Å². The van der Waals surface area contributed by atoms with Crippen LogP contribution in [0.15, 0.2) is 28.1 Å². The van der Waals surface area contributed by atoms with Crippen LogP contribution in [0, 0.1) is 6.92 Å². The van der Waals surface area contributed by atoms with E-state index in [1.54, 1.807) is 11.3 Å². The molecule has 0 amide bonds. The molecule has 2 nitrogen and oxygen atoms in total. The van der Waals surface area contributed by atoms with Crippen molar-refractivity contribution in [2.24, 2.45) is 0 Å². The Labute approximate surface area is 133 Å². The van der Waals surface area contributed by atoms with Crippen molar-refractivity contribution in [2.75, 3.05) is 0 Å². The molecule has 0 saturated carbocycles. The van der Waals surface area contributed by atoms with Gasteiger partial charge in [-0.05, 0) is 24.1 Å². The summed E-state index contributed by atoms with van der Waals surface area (Å²) in [5.41, 5.74) is 3.24. The molecule has 0 bridgehead atoms. The number of aliphatic hydroxyl groups excluding tert-OH is 1. The molecule has 0 radical (unpaired) electrons. The molecule has 1 aromatic heterocycles. The van der Waals surface area contributed by atoms with Crippen LogP contribution in [0.4, 0.5) is 0 Å². The minimum Gasteiger partial charge on any atom is -0.388 e. The molecule has 0 aliphatic heterocycles. The Balaban J connectivity index is 2.13. The first-order valence-corrected chi connectivity index (χ1v) is 8.33. The van der Waals surface area contributed by atoms with Crippen LogP contribution >= 0.6 is 27.3 Å². The molecular weight excluding hydrogens is 334 g/mol. The molecule has 0 saturated heterocycles. The molecule has 4 heteroatoms. The molecule has 0 spiro atoms. The van der Waals surface area contributed by atoms with Gasteiger partial charge >= 0.3 is 0 Å². The Kier molecular flexibility index (Phi) is 4.67. The van der Waals surface area contributed by atoms with Crippen LogP contribution in [0.25, 0.3) is 0 Å². The van der Waals surface area contributed by atoms with E-state index in [2.05, 4.69) is 47.1 Å². The first kappa shape index (κ1) is 15.7. The highest BCUT2D eigenvalue weighted by atomic mass is 79.9. The van der Waals surface area contributed by atoms with Gasteiger partial charge in [0, 0.05) is 21.7 Å². The Morgan fingerprint density at radius 2 is 2.05 bits per heavy atom. The van der Waals surface area contributed by atoms with Gasteiger partial charge in [0.1, 0.15) is 0 Å². The van der Waals surface area contributed by atoms with Gasteiger partial charge in [0.2, 0.25) is 0 Å². The van der Waals surface area contributed by atoms with E-state index in [0.717, 1.165) is 26.3 Å². The zero-order valence-electron chi connectivity index (χ0n) is 12.3. The van der Waals surface area contributed by atoms with Gasteiger partial charge in [-0.15, -0.1) is 11.3 Å². The second kappa shape index (κ2) is 5.96. The Morgan fingerprint density at radius 1 is 1.35 bits per heavy atom. The lowest BCUT2D eigenvalue weighted by Gasteiger charge is -2.14. The van der Waals surface area contributed by atoms with Gasteiger partial charge in [-0.1, -0.05) is 48.8 Å². The Bertz CT molecular complexity index is 601. The molecular formula is C16H20BrNOS. The Morgan fingerprint density at radius 3 is 2.60 bits per heavy atom. The summed E-state index contributed by atoms with van der Waals surface area (Å²) in [6, 6.07) is 5.96. The summed E-state index contributed by atoms with van der Waals surface area (Å²) >= 11 is 5.10. The maximum absolute atomic E-state index is 10.4. The number of hydrogen-bond acceptors (Lipinski definition) is 3. The van der Waals surface area contributed by atoms with Gasteiger partial charge in [-0.25, -0.2) is 4.98 Å². The molecule has 0 aliphatic rings. The lowest BCUT2D eigenvalue weighted by molar-refractivity contribution is 0.178. The standard InChI is InChI=1S/C16H20BrNOS/c1-10-7-11(5-6-12(10)17)13(19)8-15-18-14(9-20-15)16(2,3)4/h5-7,9,13,19H,8H2,1-4H3. The van der Waals surface area contributed by atoms with Gasteiger partial charge < -0.3 is 5.11 Å². The first-order valence-electron chi connectivity index (χ1n) is 6.66. The van der Waals surface area contributed by atoms with Gasteiger partial charge in [0.05, 0.1) is 16.8 Å². The first-order chi connectivity index (χ1) is 9.27. The average molecular weight is 354 g/mol. The third kappa shape index (κ3) is 3.68. The van der Waals surface area contributed by atoms with Gasteiger partial charge in [0.25, 0.3) is 0 Å². The highest BCUT2D eigenvalue weighted by Crippen LogP contribution is 2.28.